The molecule has 3 N–H and O–H groups in total. The fraction of sp³-hybridized carbons (Fsp3) is 0.800. The Bertz CT molecular complexity index is 321. The van der Waals surface area contributed by atoms with Gasteiger partial charge in [-0.05, 0) is 12.8 Å². The summed E-state index contributed by atoms with van der Waals surface area (Å²) in [6, 6.07) is -0.781. The number of carbonyl (C=O) groups is 2. The monoisotopic (exact) mass is 266 g/mol. The van der Waals surface area contributed by atoms with Gasteiger partial charge < -0.3 is 20.4 Å². The molecule has 0 saturated heterocycles. The second-order valence-corrected chi connectivity index (χ2v) is 4.30. The number of nitrogens with zero attached hydrogens (tertiary/aromatic N) is 1. The Labute approximate surface area is 103 Å². The van der Waals surface area contributed by atoms with Gasteiger partial charge in [-0.25, -0.2) is 13.6 Å². The first kappa shape index (κ1) is 14.6. The van der Waals surface area contributed by atoms with Crippen LogP contribution in [0.25, 0.3) is 0 Å². The summed E-state index contributed by atoms with van der Waals surface area (Å²) < 4.78 is 24.4. The lowest BCUT2D eigenvalue weighted by molar-refractivity contribution is -0.143. The number of hydrogen-bond acceptors (Lipinski definition) is 3. The molecule has 2 amide bonds. The van der Waals surface area contributed by atoms with E-state index in [-0.39, 0.29) is 13.1 Å². The van der Waals surface area contributed by atoms with Crippen molar-refractivity contribution in [2.75, 3.05) is 26.2 Å². The van der Waals surface area contributed by atoms with Gasteiger partial charge in [0, 0.05) is 13.1 Å². The Kier molecular flexibility index (Phi) is 4.83. The van der Waals surface area contributed by atoms with Crippen LogP contribution in [0.5, 0.6) is 0 Å². The van der Waals surface area contributed by atoms with Crippen molar-refractivity contribution in [3.05, 3.63) is 0 Å². The zero-order valence-corrected chi connectivity index (χ0v) is 9.73. The second kappa shape index (κ2) is 5.94. The number of halogens is 2. The minimum Gasteiger partial charge on any atom is -0.481 e. The first-order chi connectivity index (χ1) is 8.41. The highest BCUT2D eigenvalue weighted by Crippen LogP contribution is 2.45. The average molecular weight is 266 g/mol. The van der Waals surface area contributed by atoms with Crippen molar-refractivity contribution in [3.8, 4) is 0 Å². The summed E-state index contributed by atoms with van der Waals surface area (Å²) in [4.78, 5) is 23.2. The number of hydrogen-bond donors (Lipinski definition) is 3. The Morgan fingerprint density at radius 1 is 1.39 bits per heavy atom. The summed E-state index contributed by atoms with van der Waals surface area (Å²) in [5, 5.41) is 19.9. The molecule has 0 aromatic rings. The van der Waals surface area contributed by atoms with Crippen molar-refractivity contribution in [1.82, 2.24) is 10.2 Å². The highest BCUT2D eigenvalue weighted by atomic mass is 19.3. The average Bonchev–Trinajstić information content (AvgIpc) is 3.05. The maximum absolute atomic E-state index is 12.2. The fourth-order valence-electron chi connectivity index (χ4n) is 1.54. The predicted octanol–water partition coefficient (Wildman–Crippen LogP) is 0.120. The summed E-state index contributed by atoms with van der Waals surface area (Å²) in [6.07, 6.45) is -1.76. The molecule has 0 unspecified atom stereocenters. The van der Waals surface area contributed by atoms with Gasteiger partial charge in [0.15, 0.2) is 0 Å². The number of aliphatic carboxylic acids is 1. The second-order valence-electron chi connectivity index (χ2n) is 4.30. The maximum Gasteiger partial charge on any atom is 0.317 e. The van der Waals surface area contributed by atoms with Gasteiger partial charge in [0.1, 0.15) is 0 Å². The molecule has 0 bridgehead atoms. The van der Waals surface area contributed by atoms with Crippen LogP contribution in [0, 0.1) is 5.41 Å². The minimum absolute atomic E-state index is 0.0771. The van der Waals surface area contributed by atoms with E-state index in [0.717, 1.165) is 4.90 Å². The molecule has 0 heterocycles. The highest BCUT2D eigenvalue weighted by Gasteiger charge is 2.50. The van der Waals surface area contributed by atoms with E-state index in [1.165, 1.54) is 0 Å². The van der Waals surface area contributed by atoms with E-state index < -0.39 is 37.0 Å². The van der Waals surface area contributed by atoms with Crippen LogP contribution in [-0.4, -0.2) is 59.8 Å². The summed E-state index contributed by atoms with van der Waals surface area (Å²) >= 11 is 0. The number of carboxylic acid groups (broad SMARTS) is 1. The van der Waals surface area contributed by atoms with Gasteiger partial charge >= 0.3 is 12.0 Å². The van der Waals surface area contributed by atoms with E-state index in [0.29, 0.717) is 12.8 Å². The van der Waals surface area contributed by atoms with Crippen LogP contribution in [-0.2, 0) is 4.79 Å². The van der Waals surface area contributed by atoms with E-state index >= 15 is 0 Å². The van der Waals surface area contributed by atoms with E-state index in [4.69, 9.17) is 10.2 Å². The zero-order chi connectivity index (χ0) is 13.8. The van der Waals surface area contributed by atoms with Crippen LogP contribution in [0.1, 0.15) is 12.8 Å². The molecular weight excluding hydrogens is 250 g/mol. The van der Waals surface area contributed by atoms with E-state index in [1.807, 2.05) is 0 Å². The third-order valence-electron chi connectivity index (χ3n) is 2.90. The lowest BCUT2D eigenvalue weighted by Crippen LogP contribution is -2.46. The quantitative estimate of drug-likeness (QED) is 0.610. The molecule has 0 spiro atoms. The summed E-state index contributed by atoms with van der Waals surface area (Å²) in [5.74, 6) is -0.995. The lowest BCUT2D eigenvalue weighted by Gasteiger charge is -2.22. The third-order valence-corrected chi connectivity index (χ3v) is 2.90. The van der Waals surface area contributed by atoms with Crippen LogP contribution in [0.15, 0.2) is 0 Å². The number of carboxylic acids is 1. The molecule has 1 aliphatic carbocycles. The Balaban J connectivity index is 2.44. The number of carbonyl (C=O) groups excluding carboxylic acids is 1. The van der Waals surface area contributed by atoms with Crippen LogP contribution < -0.4 is 5.32 Å². The normalized spacial score (nSPS) is 16.4. The number of aliphatic hydroxyl groups excluding tert-OH is 1. The molecular formula is C10H16F2N2O4. The summed E-state index contributed by atoms with van der Waals surface area (Å²) in [7, 11) is 0. The molecule has 1 rings (SSSR count). The molecule has 0 atom stereocenters. The smallest absolute Gasteiger partial charge is 0.317 e. The molecule has 0 radical (unpaired) electrons. The van der Waals surface area contributed by atoms with Crippen LogP contribution in [0.2, 0.25) is 0 Å². The number of rotatable bonds is 7. The number of amides is 2. The molecule has 0 aliphatic heterocycles. The Morgan fingerprint density at radius 2 is 2.00 bits per heavy atom. The summed E-state index contributed by atoms with van der Waals surface area (Å²) in [5.41, 5.74) is -0.939. The van der Waals surface area contributed by atoms with Crippen molar-refractivity contribution in [2.45, 2.75) is 19.3 Å². The molecule has 18 heavy (non-hydrogen) atoms. The molecule has 1 saturated carbocycles. The van der Waals surface area contributed by atoms with Gasteiger partial charge in [0.2, 0.25) is 0 Å². The first-order valence-corrected chi connectivity index (χ1v) is 5.56. The van der Waals surface area contributed by atoms with Crippen molar-refractivity contribution in [2.24, 2.45) is 5.41 Å². The van der Waals surface area contributed by atoms with Gasteiger partial charge in [0.05, 0.1) is 18.6 Å². The number of alkyl halides is 2. The van der Waals surface area contributed by atoms with Crippen LogP contribution in [0.4, 0.5) is 13.6 Å². The molecule has 104 valence electrons. The Morgan fingerprint density at radius 3 is 2.39 bits per heavy atom. The molecule has 1 fully saturated rings. The van der Waals surface area contributed by atoms with Crippen molar-refractivity contribution < 1.29 is 28.6 Å². The van der Waals surface area contributed by atoms with Crippen molar-refractivity contribution >= 4 is 12.0 Å². The van der Waals surface area contributed by atoms with Gasteiger partial charge in [-0.15, -0.1) is 0 Å². The standard InChI is InChI=1S/C10H16F2N2O4/c11-7(12)5-14(3-4-15)9(18)13-6-10(1-2-10)8(16)17/h7,15H,1-6H2,(H,13,18)(H,16,17). The molecule has 6 nitrogen and oxygen atoms in total. The third kappa shape index (κ3) is 3.80. The number of aliphatic hydroxyl groups is 1. The summed E-state index contributed by atoms with van der Waals surface area (Å²) in [6.45, 7) is -1.50. The van der Waals surface area contributed by atoms with E-state index in [2.05, 4.69) is 5.32 Å². The SMILES string of the molecule is O=C(NCC1(C(=O)O)CC1)N(CCO)CC(F)F. The first-order valence-electron chi connectivity index (χ1n) is 5.56. The van der Waals surface area contributed by atoms with Gasteiger partial charge in [-0.1, -0.05) is 0 Å². The van der Waals surface area contributed by atoms with Crippen LogP contribution >= 0.6 is 0 Å². The minimum atomic E-state index is -2.70. The Hall–Kier alpha value is -1.44. The van der Waals surface area contributed by atoms with Crippen molar-refractivity contribution in [1.29, 1.82) is 0 Å². The molecule has 1 aliphatic rings. The zero-order valence-electron chi connectivity index (χ0n) is 9.73. The van der Waals surface area contributed by atoms with E-state index in [1.54, 1.807) is 0 Å². The lowest BCUT2D eigenvalue weighted by atomic mass is 10.1. The number of nitrogens with one attached hydrogen (secondary N) is 1. The van der Waals surface area contributed by atoms with Gasteiger partial charge in [-0.2, -0.15) is 0 Å². The topological polar surface area (TPSA) is 89.9 Å². The number of urea groups is 1. The van der Waals surface area contributed by atoms with E-state index in [9.17, 15) is 18.4 Å². The van der Waals surface area contributed by atoms with Gasteiger partial charge in [-0.3, -0.25) is 4.79 Å². The molecule has 8 heteroatoms. The van der Waals surface area contributed by atoms with Crippen LogP contribution in [0.3, 0.4) is 0 Å². The highest BCUT2D eigenvalue weighted by molar-refractivity contribution is 5.80. The van der Waals surface area contributed by atoms with Gasteiger partial charge in [0.25, 0.3) is 6.43 Å². The maximum atomic E-state index is 12.2. The molecule has 0 aromatic carbocycles. The van der Waals surface area contributed by atoms with Crippen molar-refractivity contribution in [3.63, 3.8) is 0 Å². The molecule has 0 aromatic heterocycles. The predicted molar refractivity (Wildman–Crippen MR) is 57.4 cm³/mol. The largest absolute Gasteiger partial charge is 0.481 e. The fourth-order valence-corrected chi connectivity index (χ4v) is 1.54.